The molecule has 1 aromatic carbocycles. The number of benzene rings is 1. The van der Waals surface area contributed by atoms with Gasteiger partial charge in [0, 0.05) is 17.2 Å². The predicted octanol–water partition coefficient (Wildman–Crippen LogP) is 4.74. The summed E-state index contributed by atoms with van der Waals surface area (Å²) in [6, 6.07) is 7.92. The highest BCUT2D eigenvalue weighted by atomic mass is 16.5. The molecule has 2 nitrogen and oxygen atoms in total. The summed E-state index contributed by atoms with van der Waals surface area (Å²) >= 11 is 0. The van der Waals surface area contributed by atoms with Gasteiger partial charge in [0.25, 0.3) is 0 Å². The highest BCUT2D eigenvalue weighted by molar-refractivity contribution is 5.84. The summed E-state index contributed by atoms with van der Waals surface area (Å²) in [5, 5.41) is 0. The maximum atomic E-state index is 6.15. The molecule has 0 amide bonds. The number of hydrogen-bond acceptors (Lipinski definition) is 2. The van der Waals surface area contributed by atoms with Gasteiger partial charge >= 0.3 is 0 Å². The highest BCUT2D eigenvalue weighted by Crippen LogP contribution is 2.38. The second-order valence-electron chi connectivity index (χ2n) is 6.02. The lowest BCUT2D eigenvalue weighted by atomic mass is 9.87. The summed E-state index contributed by atoms with van der Waals surface area (Å²) < 4.78 is 6.15. The van der Waals surface area contributed by atoms with E-state index in [2.05, 4.69) is 39.6 Å². The summed E-state index contributed by atoms with van der Waals surface area (Å²) in [6.45, 7) is 10.9. The average Bonchev–Trinajstić information content (AvgIpc) is 2.47. The molecule has 1 heterocycles. The van der Waals surface area contributed by atoms with Gasteiger partial charge in [-0.25, -0.2) is 0 Å². The molecule has 0 atom stereocenters. The fraction of sp³-hybridized carbons (Fsp3) is 0.438. The molecule has 0 saturated heterocycles. The van der Waals surface area contributed by atoms with Crippen LogP contribution in [0.2, 0.25) is 0 Å². The molecule has 0 bridgehead atoms. The fourth-order valence-corrected chi connectivity index (χ4v) is 2.01. The van der Waals surface area contributed by atoms with Gasteiger partial charge in [-0.1, -0.05) is 46.8 Å². The van der Waals surface area contributed by atoms with Crippen LogP contribution in [-0.2, 0) is 0 Å². The molecule has 96 valence electrons. The van der Waals surface area contributed by atoms with Gasteiger partial charge in [-0.2, -0.15) is 0 Å². The topological polar surface area (TPSA) is 21.6 Å². The second-order valence-corrected chi connectivity index (χ2v) is 6.02. The Morgan fingerprint density at radius 3 is 2.39 bits per heavy atom. The fourth-order valence-electron chi connectivity index (χ4n) is 2.01. The van der Waals surface area contributed by atoms with E-state index in [-0.39, 0.29) is 5.41 Å². The molecule has 2 rings (SSSR count). The molecule has 1 aliphatic heterocycles. The van der Waals surface area contributed by atoms with Crippen molar-refractivity contribution < 1.29 is 4.74 Å². The van der Waals surface area contributed by atoms with Gasteiger partial charge in [-0.3, -0.25) is 4.99 Å². The van der Waals surface area contributed by atoms with Crippen molar-refractivity contribution in [2.24, 2.45) is 16.3 Å². The van der Waals surface area contributed by atoms with Crippen LogP contribution in [0, 0.1) is 11.3 Å². The van der Waals surface area contributed by atoms with Crippen LogP contribution in [0.5, 0.6) is 5.75 Å². The Labute approximate surface area is 109 Å². The zero-order chi connectivity index (χ0) is 13.3. The van der Waals surface area contributed by atoms with Gasteiger partial charge in [0.2, 0.25) is 0 Å². The zero-order valence-corrected chi connectivity index (χ0v) is 11.8. The van der Waals surface area contributed by atoms with Crippen LogP contribution in [-0.4, -0.2) is 6.21 Å². The summed E-state index contributed by atoms with van der Waals surface area (Å²) in [5.74, 6) is 2.26. The average molecular weight is 243 g/mol. The van der Waals surface area contributed by atoms with Gasteiger partial charge in [0.05, 0.1) is 0 Å². The van der Waals surface area contributed by atoms with E-state index in [0.717, 1.165) is 17.2 Å². The molecule has 2 heteroatoms. The van der Waals surface area contributed by atoms with Gasteiger partial charge in [0.15, 0.2) is 5.75 Å². The van der Waals surface area contributed by atoms with Crippen molar-refractivity contribution in [3.63, 3.8) is 0 Å². The molecular weight excluding hydrogens is 222 g/mol. The Balaban J connectivity index is 2.56. The summed E-state index contributed by atoms with van der Waals surface area (Å²) in [6.07, 6.45) is 1.96. The smallest absolute Gasteiger partial charge is 0.152 e. The Bertz CT molecular complexity index is 504. The Morgan fingerprint density at radius 2 is 1.78 bits per heavy atom. The van der Waals surface area contributed by atoms with Crippen molar-refractivity contribution >= 4 is 11.9 Å². The highest BCUT2D eigenvalue weighted by Gasteiger charge is 2.26. The summed E-state index contributed by atoms with van der Waals surface area (Å²) in [7, 11) is 0. The molecule has 0 radical (unpaired) electrons. The van der Waals surface area contributed by atoms with Gasteiger partial charge < -0.3 is 4.74 Å². The minimum atomic E-state index is -0.0247. The van der Waals surface area contributed by atoms with Crippen molar-refractivity contribution in [1.82, 2.24) is 0 Å². The molecule has 0 saturated carbocycles. The molecule has 18 heavy (non-hydrogen) atoms. The monoisotopic (exact) mass is 243 g/mol. The van der Waals surface area contributed by atoms with Gasteiger partial charge in [-0.05, 0) is 18.1 Å². The largest absolute Gasteiger partial charge is 0.459 e. The Morgan fingerprint density at radius 1 is 1.11 bits per heavy atom. The van der Waals surface area contributed by atoms with Crippen LogP contribution in [0.15, 0.2) is 40.6 Å². The first kappa shape index (κ1) is 12.9. The number of nitrogens with zero attached hydrogens (tertiary/aromatic N) is 1. The quantitative estimate of drug-likeness (QED) is 0.698. The Hall–Kier alpha value is -1.57. The SMILES string of the molecule is CC(C)C1=C(C(C)(C)C)Oc2ccccc2N=C1. The van der Waals surface area contributed by atoms with Crippen LogP contribution in [0.4, 0.5) is 5.69 Å². The molecule has 0 aromatic heterocycles. The van der Waals surface area contributed by atoms with Crippen LogP contribution in [0.1, 0.15) is 34.6 Å². The van der Waals surface area contributed by atoms with Crippen molar-refractivity contribution in [3.8, 4) is 5.75 Å². The normalized spacial score (nSPS) is 15.4. The van der Waals surface area contributed by atoms with Crippen molar-refractivity contribution in [1.29, 1.82) is 0 Å². The minimum absolute atomic E-state index is 0.0247. The van der Waals surface area contributed by atoms with Crippen LogP contribution in [0.3, 0.4) is 0 Å². The van der Waals surface area contributed by atoms with Crippen LogP contribution in [0.25, 0.3) is 0 Å². The number of hydrogen-bond donors (Lipinski definition) is 0. The van der Waals surface area contributed by atoms with E-state index < -0.39 is 0 Å². The number of allylic oxidation sites excluding steroid dienone is 2. The Kier molecular flexibility index (Phi) is 3.29. The molecule has 0 fully saturated rings. The first-order valence-corrected chi connectivity index (χ1v) is 6.45. The maximum absolute atomic E-state index is 6.15. The van der Waals surface area contributed by atoms with E-state index in [4.69, 9.17) is 4.74 Å². The van der Waals surface area contributed by atoms with E-state index in [9.17, 15) is 0 Å². The van der Waals surface area contributed by atoms with Gasteiger partial charge in [0.1, 0.15) is 11.4 Å². The lowest BCUT2D eigenvalue weighted by molar-refractivity contribution is 0.288. The summed E-state index contributed by atoms with van der Waals surface area (Å²) in [5.41, 5.74) is 2.05. The molecular formula is C16H21NO. The van der Waals surface area contributed by atoms with E-state index in [0.29, 0.717) is 5.92 Å². The van der Waals surface area contributed by atoms with Crippen LogP contribution >= 0.6 is 0 Å². The zero-order valence-electron chi connectivity index (χ0n) is 11.8. The van der Waals surface area contributed by atoms with Crippen molar-refractivity contribution in [3.05, 3.63) is 35.6 Å². The number of rotatable bonds is 1. The third-order valence-corrected chi connectivity index (χ3v) is 2.99. The van der Waals surface area contributed by atoms with E-state index in [1.54, 1.807) is 0 Å². The lowest BCUT2D eigenvalue weighted by Crippen LogP contribution is -2.19. The summed E-state index contributed by atoms with van der Waals surface area (Å²) in [4.78, 5) is 4.55. The first-order chi connectivity index (χ1) is 8.39. The number of aliphatic imine (C=N–C) groups is 1. The molecule has 0 spiro atoms. The third kappa shape index (κ3) is 2.47. The lowest BCUT2D eigenvalue weighted by Gasteiger charge is -2.26. The molecule has 1 aromatic rings. The van der Waals surface area contributed by atoms with Crippen LogP contribution < -0.4 is 4.74 Å². The predicted molar refractivity (Wildman–Crippen MR) is 76.5 cm³/mol. The maximum Gasteiger partial charge on any atom is 0.152 e. The van der Waals surface area contributed by atoms with Crippen molar-refractivity contribution in [2.75, 3.05) is 0 Å². The van der Waals surface area contributed by atoms with E-state index in [1.807, 2.05) is 30.5 Å². The second kappa shape index (κ2) is 4.60. The van der Waals surface area contributed by atoms with E-state index in [1.165, 1.54) is 5.57 Å². The molecule has 0 N–H and O–H groups in total. The third-order valence-electron chi connectivity index (χ3n) is 2.99. The number of fused-ring (bicyclic) bond motifs is 1. The first-order valence-electron chi connectivity index (χ1n) is 6.45. The van der Waals surface area contributed by atoms with Gasteiger partial charge in [-0.15, -0.1) is 0 Å². The molecule has 1 aliphatic rings. The standard InChI is InChI=1S/C16H21NO/c1-11(2)12-10-17-13-8-6-7-9-14(13)18-15(12)16(3,4)5/h6-11H,1-5H3. The minimum Gasteiger partial charge on any atom is -0.459 e. The molecule has 0 aliphatic carbocycles. The van der Waals surface area contributed by atoms with Crippen molar-refractivity contribution in [2.45, 2.75) is 34.6 Å². The molecule has 0 unspecified atom stereocenters. The number of para-hydroxylation sites is 2. The van der Waals surface area contributed by atoms with E-state index >= 15 is 0 Å². The number of ether oxygens (including phenoxy) is 1.